The number of carboxylic acid groups (broad SMARTS) is 1. The van der Waals surface area contributed by atoms with Gasteiger partial charge in [-0.3, -0.25) is 0 Å². The molecule has 0 spiro atoms. The van der Waals surface area contributed by atoms with E-state index in [1.54, 1.807) is 36.4 Å². The Labute approximate surface area is 112 Å². The van der Waals surface area contributed by atoms with Crippen molar-refractivity contribution < 1.29 is 15.0 Å². The Balaban J connectivity index is 2.39. The van der Waals surface area contributed by atoms with Crippen LogP contribution in [0.3, 0.4) is 0 Å². The van der Waals surface area contributed by atoms with Crippen molar-refractivity contribution in [2.45, 2.75) is 0 Å². The van der Waals surface area contributed by atoms with Gasteiger partial charge in [-0.05, 0) is 58.0 Å². The number of aromatic hydroxyl groups is 1. The summed E-state index contributed by atoms with van der Waals surface area (Å²) in [6.07, 6.45) is 0. The number of carbonyl (C=O) groups is 1. The first-order chi connectivity index (χ1) is 8.08. The SMILES string of the molecule is O=C(O)c1ccc(-c2ccc(O)c(I)c2)cc1. The van der Waals surface area contributed by atoms with Crippen LogP contribution in [0.5, 0.6) is 5.75 Å². The summed E-state index contributed by atoms with van der Waals surface area (Å²) in [7, 11) is 0. The first-order valence-electron chi connectivity index (χ1n) is 4.90. The van der Waals surface area contributed by atoms with Crippen molar-refractivity contribution in [2.24, 2.45) is 0 Å². The van der Waals surface area contributed by atoms with E-state index >= 15 is 0 Å². The second-order valence-electron chi connectivity index (χ2n) is 3.55. The van der Waals surface area contributed by atoms with Gasteiger partial charge in [-0.25, -0.2) is 4.79 Å². The molecule has 0 aliphatic carbocycles. The predicted molar refractivity (Wildman–Crippen MR) is 73.2 cm³/mol. The zero-order valence-corrected chi connectivity index (χ0v) is 10.9. The molecule has 3 nitrogen and oxygen atoms in total. The largest absolute Gasteiger partial charge is 0.507 e. The van der Waals surface area contributed by atoms with Crippen molar-refractivity contribution in [3.63, 3.8) is 0 Å². The number of aromatic carboxylic acids is 1. The van der Waals surface area contributed by atoms with Crippen LogP contribution in [0.1, 0.15) is 10.4 Å². The molecule has 0 aliphatic rings. The van der Waals surface area contributed by atoms with E-state index in [9.17, 15) is 9.90 Å². The van der Waals surface area contributed by atoms with Crippen molar-refractivity contribution in [1.29, 1.82) is 0 Å². The zero-order chi connectivity index (χ0) is 12.4. The van der Waals surface area contributed by atoms with Gasteiger partial charge in [0.05, 0.1) is 9.13 Å². The maximum atomic E-state index is 10.7. The maximum Gasteiger partial charge on any atom is 0.335 e. The molecule has 17 heavy (non-hydrogen) atoms. The number of phenolic OH excluding ortho intramolecular Hbond substituents is 1. The summed E-state index contributed by atoms with van der Waals surface area (Å²) in [4.78, 5) is 10.7. The molecule has 2 aromatic carbocycles. The molecular formula is C13H9IO3. The standard InChI is InChI=1S/C13H9IO3/c14-11-7-10(5-6-12(11)15)8-1-3-9(4-2-8)13(16)17/h1-7,15H,(H,16,17). The van der Waals surface area contributed by atoms with Gasteiger partial charge in [-0.15, -0.1) is 0 Å². The van der Waals surface area contributed by atoms with Gasteiger partial charge in [0, 0.05) is 0 Å². The zero-order valence-electron chi connectivity index (χ0n) is 8.72. The molecule has 86 valence electrons. The van der Waals surface area contributed by atoms with Crippen LogP contribution in [0.15, 0.2) is 42.5 Å². The summed E-state index contributed by atoms with van der Waals surface area (Å²) in [5, 5.41) is 18.2. The molecule has 0 bridgehead atoms. The van der Waals surface area contributed by atoms with Crippen molar-refractivity contribution in [1.82, 2.24) is 0 Å². The Hall–Kier alpha value is -1.56. The molecule has 0 aliphatic heterocycles. The molecule has 2 rings (SSSR count). The molecular weight excluding hydrogens is 331 g/mol. The number of rotatable bonds is 2. The van der Waals surface area contributed by atoms with Gasteiger partial charge in [-0.1, -0.05) is 18.2 Å². The van der Waals surface area contributed by atoms with Gasteiger partial charge < -0.3 is 10.2 Å². The summed E-state index contributed by atoms with van der Waals surface area (Å²) in [5.41, 5.74) is 2.14. The second-order valence-corrected chi connectivity index (χ2v) is 4.71. The molecule has 0 amide bonds. The van der Waals surface area contributed by atoms with E-state index in [0.29, 0.717) is 0 Å². The van der Waals surface area contributed by atoms with E-state index in [0.717, 1.165) is 14.7 Å². The molecule has 0 atom stereocenters. The highest BCUT2D eigenvalue weighted by molar-refractivity contribution is 14.1. The molecule has 0 saturated carbocycles. The highest BCUT2D eigenvalue weighted by Gasteiger charge is 2.04. The monoisotopic (exact) mass is 340 g/mol. The third-order valence-corrected chi connectivity index (χ3v) is 3.28. The Kier molecular flexibility index (Phi) is 3.33. The Morgan fingerprint density at radius 3 is 2.12 bits per heavy atom. The Morgan fingerprint density at radius 1 is 1.00 bits per heavy atom. The van der Waals surface area contributed by atoms with E-state index < -0.39 is 5.97 Å². The fourth-order valence-electron chi connectivity index (χ4n) is 1.49. The van der Waals surface area contributed by atoms with Crippen LogP contribution in [-0.2, 0) is 0 Å². The molecule has 0 saturated heterocycles. The highest BCUT2D eigenvalue weighted by Crippen LogP contribution is 2.27. The van der Waals surface area contributed by atoms with Gasteiger partial charge in [0.1, 0.15) is 5.75 Å². The summed E-state index contributed by atoms with van der Waals surface area (Å²) in [5.74, 6) is -0.687. The lowest BCUT2D eigenvalue weighted by Gasteiger charge is -2.04. The lowest BCUT2D eigenvalue weighted by atomic mass is 10.0. The fraction of sp³-hybridized carbons (Fsp3) is 0. The number of hydrogen-bond donors (Lipinski definition) is 2. The van der Waals surface area contributed by atoms with E-state index in [-0.39, 0.29) is 11.3 Å². The third-order valence-electron chi connectivity index (χ3n) is 2.41. The quantitative estimate of drug-likeness (QED) is 0.825. The first kappa shape index (κ1) is 11.9. The van der Waals surface area contributed by atoms with Crippen LogP contribution < -0.4 is 0 Å². The summed E-state index contributed by atoms with van der Waals surface area (Å²) in [6, 6.07) is 11.9. The smallest absolute Gasteiger partial charge is 0.335 e. The van der Waals surface area contributed by atoms with Gasteiger partial charge in [0.15, 0.2) is 0 Å². The van der Waals surface area contributed by atoms with Crippen molar-refractivity contribution in [3.8, 4) is 16.9 Å². The van der Waals surface area contributed by atoms with Crippen molar-refractivity contribution in [2.75, 3.05) is 0 Å². The highest BCUT2D eigenvalue weighted by atomic mass is 127. The minimum absolute atomic E-state index is 0.247. The number of carboxylic acids is 1. The topological polar surface area (TPSA) is 57.5 Å². The molecule has 0 heterocycles. The summed E-state index contributed by atoms with van der Waals surface area (Å²) < 4.78 is 0.766. The molecule has 0 aromatic heterocycles. The Bertz CT molecular complexity index is 561. The number of benzene rings is 2. The van der Waals surface area contributed by atoms with Crippen LogP contribution in [-0.4, -0.2) is 16.2 Å². The van der Waals surface area contributed by atoms with E-state index in [1.807, 2.05) is 28.7 Å². The van der Waals surface area contributed by atoms with Crippen LogP contribution in [0, 0.1) is 3.57 Å². The predicted octanol–water partition coefficient (Wildman–Crippen LogP) is 3.36. The molecule has 0 radical (unpaired) electrons. The Morgan fingerprint density at radius 2 is 1.59 bits per heavy atom. The third kappa shape index (κ3) is 2.58. The molecule has 2 N–H and O–H groups in total. The second kappa shape index (κ2) is 4.75. The number of hydrogen-bond acceptors (Lipinski definition) is 2. The lowest BCUT2D eigenvalue weighted by Crippen LogP contribution is -1.94. The normalized spacial score (nSPS) is 10.2. The van der Waals surface area contributed by atoms with Gasteiger partial charge in [0.25, 0.3) is 0 Å². The minimum Gasteiger partial charge on any atom is -0.507 e. The average molecular weight is 340 g/mol. The fourth-order valence-corrected chi connectivity index (χ4v) is 2.01. The molecule has 0 unspecified atom stereocenters. The number of halogens is 1. The minimum atomic E-state index is -0.933. The molecule has 0 fully saturated rings. The number of phenols is 1. The summed E-state index contributed by atoms with van der Waals surface area (Å²) in [6.45, 7) is 0. The summed E-state index contributed by atoms with van der Waals surface area (Å²) >= 11 is 2.05. The molecule has 4 heteroatoms. The van der Waals surface area contributed by atoms with E-state index in [1.165, 1.54) is 0 Å². The average Bonchev–Trinajstić information content (AvgIpc) is 2.33. The van der Waals surface area contributed by atoms with Crippen LogP contribution in [0.4, 0.5) is 0 Å². The van der Waals surface area contributed by atoms with Gasteiger partial charge in [0.2, 0.25) is 0 Å². The lowest BCUT2D eigenvalue weighted by molar-refractivity contribution is 0.0697. The van der Waals surface area contributed by atoms with E-state index in [4.69, 9.17) is 5.11 Å². The van der Waals surface area contributed by atoms with Crippen LogP contribution in [0.2, 0.25) is 0 Å². The van der Waals surface area contributed by atoms with E-state index in [2.05, 4.69) is 0 Å². The first-order valence-corrected chi connectivity index (χ1v) is 5.98. The van der Waals surface area contributed by atoms with Crippen LogP contribution in [0.25, 0.3) is 11.1 Å². The van der Waals surface area contributed by atoms with Crippen molar-refractivity contribution >= 4 is 28.6 Å². The van der Waals surface area contributed by atoms with Gasteiger partial charge >= 0.3 is 5.97 Å². The van der Waals surface area contributed by atoms with Gasteiger partial charge in [-0.2, -0.15) is 0 Å². The molecule has 2 aromatic rings. The maximum absolute atomic E-state index is 10.7. The van der Waals surface area contributed by atoms with Crippen molar-refractivity contribution in [3.05, 3.63) is 51.6 Å². The van der Waals surface area contributed by atoms with Crippen LogP contribution >= 0.6 is 22.6 Å².